The Morgan fingerprint density at radius 1 is 1.37 bits per heavy atom. The zero-order valence-electron chi connectivity index (χ0n) is 9.92. The topological polar surface area (TPSA) is 84.2 Å². The number of benzene rings is 1. The second-order valence-electron chi connectivity index (χ2n) is 3.69. The lowest BCUT2D eigenvalue weighted by atomic mass is 10.2. The van der Waals surface area contributed by atoms with Gasteiger partial charge in [0.05, 0.1) is 11.3 Å². The number of amides is 1. The maximum Gasteiger partial charge on any atom is 0.337 e. The fourth-order valence-corrected chi connectivity index (χ4v) is 1.75. The molecule has 0 spiro atoms. The largest absolute Gasteiger partial charge is 0.478 e. The first-order valence-electron chi connectivity index (χ1n) is 5.34. The lowest BCUT2D eigenvalue weighted by molar-refractivity contribution is 0.0696. The van der Waals surface area contributed by atoms with Gasteiger partial charge in [-0.05, 0) is 24.3 Å². The predicted octanol–water partition coefficient (Wildman–Crippen LogP) is 1.58. The molecule has 1 amide bonds. The van der Waals surface area contributed by atoms with Crippen molar-refractivity contribution >= 4 is 23.5 Å². The van der Waals surface area contributed by atoms with E-state index in [0.717, 1.165) is 0 Å². The molecule has 19 heavy (non-hydrogen) atoms. The van der Waals surface area contributed by atoms with Crippen LogP contribution in [0.2, 0.25) is 5.02 Å². The minimum absolute atomic E-state index is 0.0518. The summed E-state index contributed by atoms with van der Waals surface area (Å²) in [6, 6.07) is 5.84. The standard InChI is InChI=1S/C12H10ClN3O3/c1-14-11(17)9-4-5-16(15-9)10-6-7(13)2-3-8(10)12(18)19/h2-6H,1H3,(H,14,17)(H,18,19). The first-order chi connectivity index (χ1) is 9.02. The zero-order chi connectivity index (χ0) is 14.0. The van der Waals surface area contributed by atoms with Crippen molar-refractivity contribution in [1.82, 2.24) is 15.1 Å². The van der Waals surface area contributed by atoms with Crippen molar-refractivity contribution in [3.05, 3.63) is 46.7 Å². The van der Waals surface area contributed by atoms with Gasteiger partial charge >= 0.3 is 5.97 Å². The van der Waals surface area contributed by atoms with Crippen LogP contribution in [-0.4, -0.2) is 33.8 Å². The first-order valence-corrected chi connectivity index (χ1v) is 5.71. The molecule has 2 aromatic rings. The average Bonchev–Trinajstić information content (AvgIpc) is 2.86. The average molecular weight is 280 g/mol. The molecule has 0 aliphatic heterocycles. The molecule has 0 atom stereocenters. The monoisotopic (exact) mass is 279 g/mol. The summed E-state index contributed by atoms with van der Waals surface area (Å²) in [4.78, 5) is 22.6. The summed E-state index contributed by atoms with van der Waals surface area (Å²) in [5.74, 6) is -1.44. The molecule has 0 unspecified atom stereocenters. The number of carbonyl (C=O) groups excluding carboxylic acids is 1. The van der Waals surface area contributed by atoms with Crippen molar-refractivity contribution in [2.24, 2.45) is 0 Å². The van der Waals surface area contributed by atoms with Gasteiger partial charge in [0.1, 0.15) is 0 Å². The van der Waals surface area contributed by atoms with E-state index in [1.54, 1.807) is 0 Å². The third-order valence-corrected chi connectivity index (χ3v) is 2.72. The molecule has 0 fully saturated rings. The van der Waals surface area contributed by atoms with Crippen LogP contribution in [0.15, 0.2) is 30.5 Å². The SMILES string of the molecule is CNC(=O)c1ccn(-c2cc(Cl)ccc2C(=O)O)n1. The number of hydrogen-bond donors (Lipinski definition) is 2. The van der Waals surface area contributed by atoms with Gasteiger partial charge in [0, 0.05) is 18.3 Å². The highest BCUT2D eigenvalue weighted by atomic mass is 35.5. The van der Waals surface area contributed by atoms with E-state index in [9.17, 15) is 9.59 Å². The number of rotatable bonds is 3. The van der Waals surface area contributed by atoms with Gasteiger partial charge in [0.2, 0.25) is 0 Å². The highest BCUT2D eigenvalue weighted by Gasteiger charge is 2.14. The molecule has 2 rings (SSSR count). The molecule has 2 N–H and O–H groups in total. The van der Waals surface area contributed by atoms with Crippen LogP contribution in [0.3, 0.4) is 0 Å². The van der Waals surface area contributed by atoms with Crippen molar-refractivity contribution in [1.29, 1.82) is 0 Å². The van der Waals surface area contributed by atoms with Crippen molar-refractivity contribution < 1.29 is 14.7 Å². The Bertz CT molecular complexity index is 651. The molecule has 0 aliphatic carbocycles. The van der Waals surface area contributed by atoms with Gasteiger partial charge in [0.15, 0.2) is 5.69 Å². The van der Waals surface area contributed by atoms with Crippen molar-refractivity contribution in [3.8, 4) is 5.69 Å². The minimum atomic E-state index is -1.09. The molecule has 0 saturated heterocycles. The second-order valence-corrected chi connectivity index (χ2v) is 4.13. The van der Waals surface area contributed by atoms with E-state index in [-0.39, 0.29) is 17.2 Å². The Balaban J connectivity index is 2.52. The van der Waals surface area contributed by atoms with Crippen LogP contribution in [0.25, 0.3) is 5.69 Å². The summed E-state index contributed by atoms with van der Waals surface area (Å²) in [5.41, 5.74) is 0.546. The van der Waals surface area contributed by atoms with Crippen molar-refractivity contribution in [2.75, 3.05) is 7.05 Å². The van der Waals surface area contributed by atoms with Crippen LogP contribution in [-0.2, 0) is 0 Å². The summed E-state index contributed by atoms with van der Waals surface area (Å²) >= 11 is 5.85. The van der Waals surface area contributed by atoms with E-state index < -0.39 is 5.97 Å². The predicted molar refractivity (Wildman–Crippen MR) is 68.9 cm³/mol. The third-order valence-electron chi connectivity index (χ3n) is 2.49. The van der Waals surface area contributed by atoms with Crippen LogP contribution in [0.1, 0.15) is 20.8 Å². The van der Waals surface area contributed by atoms with Gasteiger partial charge in [-0.15, -0.1) is 0 Å². The van der Waals surface area contributed by atoms with Crippen LogP contribution in [0.4, 0.5) is 0 Å². The van der Waals surface area contributed by atoms with E-state index in [0.29, 0.717) is 10.7 Å². The minimum Gasteiger partial charge on any atom is -0.478 e. The van der Waals surface area contributed by atoms with E-state index in [4.69, 9.17) is 16.7 Å². The highest BCUT2D eigenvalue weighted by molar-refractivity contribution is 6.30. The molecule has 1 aromatic carbocycles. The number of nitrogens with zero attached hydrogens (tertiary/aromatic N) is 2. The molecule has 98 valence electrons. The lowest BCUT2D eigenvalue weighted by Crippen LogP contribution is -2.18. The third kappa shape index (κ3) is 2.58. The summed E-state index contributed by atoms with van der Waals surface area (Å²) < 4.78 is 1.31. The van der Waals surface area contributed by atoms with Gasteiger partial charge in [-0.25, -0.2) is 9.48 Å². The maximum atomic E-state index is 11.4. The lowest BCUT2D eigenvalue weighted by Gasteiger charge is -2.06. The molecule has 0 saturated carbocycles. The summed E-state index contributed by atoms with van der Waals surface area (Å²) in [5, 5.41) is 16.0. The number of nitrogens with one attached hydrogen (secondary N) is 1. The fraction of sp³-hybridized carbons (Fsp3) is 0.0833. The Hall–Kier alpha value is -2.34. The van der Waals surface area contributed by atoms with Crippen LogP contribution in [0.5, 0.6) is 0 Å². The van der Waals surface area contributed by atoms with Crippen molar-refractivity contribution in [3.63, 3.8) is 0 Å². The molecule has 1 heterocycles. The Labute approximate surface area is 113 Å². The maximum absolute atomic E-state index is 11.4. The van der Waals surface area contributed by atoms with Gasteiger partial charge < -0.3 is 10.4 Å². The number of carboxylic acid groups (broad SMARTS) is 1. The number of aromatic carboxylic acids is 1. The van der Waals surface area contributed by atoms with Gasteiger partial charge in [-0.3, -0.25) is 4.79 Å². The van der Waals surface area contributed by atoms with Gasteiger partial charge in [-0.1, -0.05) is 11.6 Å². The molecule has 7 heteroatoms. The quantitative estimate of drug-likeness (QED) is 0.893. The smallest absolute Gasteiger partial charge is 0.337 e. The summed E-state index contributed by atoms with van der Waals surface area (Å²) in [6.45, 7) is 0. The van der Waals surface area contributed by atoms with Crippen LogP contribution in [0, 0.1) is 0 Å². The Morgan fingerprint density at radius 3 is 2.74 bits per heavy atom. The first kappa shape index (κ1) is 13.1. The number of aromatic nitrogens is 2. The fourth-order valence-electron chi connectivity index (χ4n) is 1.58. The normalized spacial score (nSPS) is 10.2. The second kappa shape index (κ2) is 5.11. The Kier molecular flexibility index (Phi) is 3.52. The molecular weight excluding hydrogens is 270 g/mol. The van der Waals surface area contributed by atoms with Crippen molar-refractivity contribution in [2.45, 2.75) is 0 Å². The number of halogens is 1. The van der Waals surface area contributed by atoms with Crippen LogP contribution >= 0.6 is 11.6 Å². The van der Waals surface area contributed by atoms with E-state index in [1.807, 2.05) is 0 Å². The molecule has 0 radical (unpaired) electrons. The summed E-state index contributed by atoms with van der Waals surface area (Å²) in [7, 11) is 1.49. The van der Waals surface area contributed by atoms with Crippen LogP contribution < -0.4 is 5.32 Å². The summed E-state index contributed by atoms with van der Waals surface area (Å²) in [6.07, 6.45) is 1.50. The zero-order valence-corrected chi connectivity index (χ0v) is 10.7. The number of carboxylic acids is 1. The van der Waals surface area contributed by atoms with Gasteiger partial charge in [0.25, 0.3) is 5.91 Å². The highest BCUT2D eigenvalue weighted by Crippen LogP contribution is 2.20. The molecule has 0 aliphatic rings. The molecular formula is C12H10ClN3O3. The molecule has 1 aromatic heterocycles. The molecule has 0 bridgehead atoms. The molecule has 6 nitrogen and oxygen atoms in total. The Morgan fingerprint density at radius 2 is 2.11 bits per heavy atom. The number of carbonyl (C=O) groups is 2. The van der Waals surface area contributed by atoms with E-state index in [2.05, 4.69) is 10.4 Å². The van der Waals surface area contributed by atoms with Gasteiger partial charge in [-0.2, -0.15) is 5.10 Å². The number of hydrogen-bond acceptors (Lipinski definition) is 3. The van der Waals surface area contributed by atoms with E-state index in [1.165, 1.54) is 42.2 Å². The van der Waals surface area contributed by atoms with E-state index >= 15 is 0 Å².